The molecule has 25 heavy (non-hydrogen) atoms. The van der Waals surface area contributed by atoms with Gasteiger partial charge in [0.1, 0.15) is 12.3 Å². The molecule has 0 saturated carbocycles. The van der Waals surface area contributed by atoms with Crippen LogP contribution < -0.4 is 10.3 Å². The van der Waals surface area contributed by atoms with Crippen LogP contribution >= 0.6 is 7.82 Å². The molecule has 6 N–H and O–H groups in total. The summed E-state index contributed by atoms with van der Waals surface area (Å²) in [7, 11) is -4.77. The Morgan fingerprint density at radius 2 is 2.04 bits per heavy atom. The highest BCUT2D eigenvalue weighted by Crippen LogP contribution is 2.37. The summed E-state index contributed by atoms with van der Waals surface area (Å²) in [5.74, 6) is -4.23. The summed E-state index contributed by atoms with van der Waals surface area (Å²) in [4.78, 5) is 54.4. The third-order valence-electron chi connectivity index (χ3n) is 3.60. The van der Waals surface area contributed by atoms with Gasteiger partial charge in [0.2, 0.25) is 0 Å². The lowest BCUT2D eigenvalue weighted by atomic mass is 9.89. The van der Waals surface area contributed by atoms with Crippen LogP contribution in [0.15, 0.2) is 11.8 Å². The maximum absolute atomic E-state index is 12.3. The average molecular weight is 379 g/mol. The third kappa shape index (κ3) is 6.05. The molecule has 0 aromatic carbocycles. The molecule has 1 heterocycles. The minimum absolute atomic E-state index is 0.155. The molecule has 0 aromatic heterocycles. The number of nitrogens with one attached hydrogen (secondary N) is 2. The molecule has 0 aliphatic carbocycles. The Balaban J connectivity index is 3.10. The number of phosphoric ester groups is 1. The fraction of sp³-hybridized carbons (Fsp3) is 0.538. The minimum Gasteiger partial charge on any atom is -0.481 e. The van der Waals surface area contributed by atoms with Crippen LogP contribution in [-0.4, -0.2) is 62.1 Å². The molecule has 140 valence electrons. The maximum Gasteiger partial charge on any atom is 0.469 e. The number of rotatable bonds is 8. The number of carbonyl (C=O) groups is 3. The van der Waals surface area contributed by atoms with Gasteiger partial charge in [0.15, 0.2) is 12.0 Å². The third-order valence-corrected chi connectivity index (χ3v) is 4.06. The predicted octanol–water partition coefficient (Wildman–Crippen LogP) is -2.37. The van der Waals surface area contributed by atoms with E-state index < -0.39 is 56.1 Å². The first-order valence-electron chi connectivity index (χ1n) is 7.11. The fourth-order valence-corrected chi connectivity index (χ4v) is 2.41. The summed E-state index contributed by atoms with van der Waals surface area (Å²) in [6, 6.07) is -0.627. The monoisotopic (exact) mass is 379 g/mol. The van der Waals surface area contributed by atoms with Crippen molar-refractivity contribution in [3.63, 3.8) is 0 Å². The van der Waals surface area contributed by atoms with E-state index in [9.17, 15) is 24.1 Å². The number of phosphoric acid groups is 1. The van der Waals surface area contributed by atoms with E-state index in [2.05, 4.69) is 14.8 Å². The molecule has 1 aliphatic rings. The van der Waals surface area contributed by atoms with Crippen LogP contribution in [0.2, 0.25) is 0 Å². The lowest BCUT2D eigenvalue weighted by Crippen LogP contribution is -2.88. The Morgan fingerprint density at radius 3 is 2.52 bits per heavy atom. The van der Waals surface area contributed by atoms with Crippen molar-refractivity contribution in [1.82, 2.24) is 5.32 Å². The number of carbonyl (C=O) groups excluding carboxylic acids is 1. The van der Waals surface area contributed by atoms with E-state index in [1.807, 2.05) is 0 Å². The standard InChI is InChI=1S/C13H19N2O9P/c1-7-11(18)9(8(4-14-7)6-24-25(21,22)23)5-15-13(2,12(19)20)3-10(16)17/h4-5,7,9,14H,3,6H2,1-2H3,(H,16,17)(H,19,20)(H2,21,22,23)/p+1/t7?,9?,13-/m0/s1. The van der Waals surface area contributed by atoms with Crippen molar-refractivity contribution in [3.05, 3.63) is 11.8 Å². The maximum atomic E-state index is 12.3. The van der Waals surface area contributed by atoms with Crippen molar-refractivity contribution in [2.24, 2.45) is 5.92 Å². The molecule has 0 bridgehead atoms. The van der Waals surface area contributed by atoms with E-state index in [1.165, 1.54) is 6.20 Å². The Kier molecular flexibility index (Phi) is 6.61. The zero-order valence-corrected chi connectivity index (χ0v) is 14.4. The van der Waals surface area contributed by atoms with E-state index in [1.54, 1.807) is 6.92 Å². The van der Waals surface area contributed by atoms with Gasteiger partial charge in [-0.2, -0.15) is 0 Å². The molecule has 3 atom stereocenters. The van der Waals surface area contributed by atoms with Gasteiger partial charge in [-0.3, -0.25) is 14.1 Å². The lowest BCUT2D eigenvalue weighted by Gasteiger charge is -2.24. The average Bonchev–Trinajstić information content (AvgIpc) is 2.45. The lowest BCUT2D eigenvalue weighted by molar-refractivity contribution is -0.530. The Morgan fingerprint density at radius 1 is 1.44 bits per heavy atom. The van der Waals surface area contributed by atoms with Crippen molar-refractivity contribution >= 4 is 31.8 Å². The molecular formula is C13H20N2O9P+. The molecule has 12 heteroatoms. The number of Topliss-reactive ketones (excluding diaryl/α,β-unsaturated/α-hetero) is 1. The van der Waals surface area contributed by atoms with Crippen LogP contribution in [0.5, 0.6) is 0 Å². The van der Waals surface area contributed by atoms with Crippen molar-refractivity contribution < 1.29 is 48.5 Å². The minimum atomic E-state index is -4.77. The summed E-state index contributed by atoms with van der Waals surface area (Å²) in [6.07, 6.45) is 1.71. The second-order valence-electron chi connectivity index (χ2n) is 5.77. The molecule has 0 fully saturated rings. The predicted molar refractivity (Wildman–Crippen MR) is 82.5 cm³/mol. The van der Waals surface area contributed by atoms with Crippen LogP contribution in [0.3, 0.4) is 0 Å². The number of carboxylic acids is 2. The topological polar surface area (TPSA) is 184 Å². The number of hydrogen-bond donors (Lipinski definition) is 6. The molecule has 0 aromatic rings. The Hall–Kier alpha value is -2.07. The summed E-state index contributed by atoms with van der Waals surface area (Å²) >= 11 is 0. The van der Waals surface area contributed by atoms with Crippen molar-refractivity contribution in [2.75, 3.05) is 6.61 Å². The Labute approximate surface area is 142 Å². The fourth-order valence-electron chi connectivity index (χ4n) is 2.09. The van der Waals surface area contributed by atoms with Gasteiger partial charge >= 0.3 is 19.8 Å². The van der Waals surface area contributed by atoms with E-state index in [4.69, 9.17) is 14.9 Å². The van der Waals surface area contributed by atoms with Crippen LogP contribution in [-0.2, 0) is 23.5 Å². The number of carboxylic acid groups (broad SMARTS) is 2. The quantitative estimate of drug-likeness (QED) is 0.197. The second kappa shape index (κ2) is 7.87. The van der Waals surface area contributed by atoms with Crippen LogP contribution in [0.1, 0.15) is 20.3 Å². The molecule has 2 unspecified atom stereocenters. The van der Waals surface area contributed by atoms with Gasteiger partial charge < -0.3 is 25.3 Å². The zero-order chi connectivity index (χ0) is 19.4. The van der Waals surface area contributed by atoms with E-state index in [0.717, 1.165) is 13.1 Å². The van der Waals surface area contributed by atoms with Crippen LogP contribution in [0.25, 0.3) is 0 Å². The molecule has 0 amide bonds. The van der Waals surface area contributed by atoms with Crippen molar-refractivity contribution in [3.8, 4) is 0 Å². The second-order valence-corrected chi connectivity index (χ2v) is 7.01. The van der Waals surface area contributed by atoms with Crippen molar-refractivity contribution in [1.29, 1.82) is 0 Å². The van der Waals surface area contributed by atoms with Gasteiger partial charge in [-0.1, -0.05) is 0 Å². The van der Waals surface area contributed by atoms with Crippen LogP contribution in [0.4, 0.5) is 0 Å². The van der Waals surface area contributed by atoms with Gasteiger partial charge in [0.05, 0.1) is 12.6 Å². The first kappa shape index (κ1) is 21.0. The first-order chi connectivity index (χ1) is 11.4. The van der Waals surface area contributed by atoms with E-state index >= 15 is 0 Å². The summed E-state index contributed by atoms with van der Waals surface area (Å²) in [5.41, 5.74) is -1.71. The molecule has 0 spiro atoms. The van der Waals surface area contributed by atoms with Gasteiger partial charge in [-0.25, -0.2) is 14.4 Å². The molecule has 0 saturated heterocycles. The first-order valence-corrected chi connectivity index (χ1v) is 8.64. The summed E-state index contributed by atoms with van der Waals surface area (Å²) < 4.78 is 15.2. The van der Waals surface area contributed by atoms with Crippen LogP contribution in [0, 0.1) is 5.92 Å². The van der Waals surface area contributed by atoms with Gasteiger partial charge in [-0.05, 0) is 18.7 Å². The van der Waals surface area contributed by atoms with Crippen molar-refractivity contribution in [2.45, 2.75) is 31.8 Å². The SMILES string of the molecule is CC1NC=C(COP(=O)(O)O)C(C=[NH+][C@@](C)(CC(=O)O)C(=O)O)C1=O. The molecule has 1 rings (SSSR count). The Bertz CT molecular complexity index is 668. The highest BCUT2D eigenvalue weighted by molar-refractivity contribution is 7.46. The molecule has 1 aliphatic heterocycles. The molecule has 11 nitrogen and oxygen atoms in total. The summed E-state index contributed by atoms with van der Waals surface area (Å²) in [6.45, 7) is 2.12. The largest absolute Gasteiger partial charge is 0.481 e. The summed E-state index contributed by atoms with van der Waals surface area (Å²) in [5, 5.41) is 20.8. The highest BCUT2D eigenvalue weighted by atomic mass is 31.2. The normalized spacial score (nSPS) is 23.7. The smallest absolute Gasteiger partial charge is 0.469 e. The van der Waals surface area contributed by atoms with Gasteiger partial charge in [-0.15, -0.1) is 0 Å². The van der Waals surface area contributed by atoms with Gasteiger partial charge in [0, 0.05) is 6.92 Å². The molecular weight excluding hydrogens is 359 g/mol. The number of hydrogen-bond acceptors (Lipinski definition) is 6. The van der Waals surface area contributed by atoms with Gasteiger partial charge in [0.25, 0.3) is 5.54 Å². The zero-order valence-electron chi connectivity index (χ0n) is 13.5. The van der Waals surface area contributed by atoms with E-state index in [-0.39, 0.29) is 5.57 Å². The number of aliphatic carboxylic acids is 2. The highest BCUT2D eigenvalue weighted by Gasteiger charge is 2.42. The van der Waals surface area contributed by atoms with E-state index in [0.29, 0.717) is 0 Å². The number of ketones is 1. The molecule has 0 radical (unpaired) electrons.